The highest BCUT2D eigenvalue weighted by molar-refractivity contribution is 7.09. The van der Waals surface area contributed by atoms with Crippen LogP contribution < -0.4 is 5.32 Å². The molecule has 2 aromatic rings. The molecule has 2 N–H and O–H groups in total. The monoisotopic (exact) mass is 267 g/mol. The summed E-state index contributed by atoms with van der Waals surface area (Å²) < 4.78 is 1.39. The molecule has 94 valence electrons. The van der Waals surface area contributed by atoms with Crippen LogP contribution in [0.15, 0.2) is 18.0 Å². The lowest BCUT2D eigenvalue weighted by molar-refractivity contribution is -0.122. The van der Waals surface area contributed by atoms with Crippen LogP contribution in [-0.2, 0) is 17.9 Å². The molecule has 18 heavy (non-hydrogen) atoms. The number of hydrogen-bond donors (Lipinski definition) is 2. The Kier molecular flexibility index (Phi) is 3.63. The van der Waals surface area contributed by atoms with E-state index in [1.165, 1.54) is 34.1 Å². The van der Waals surface area contributed by atoms with Gasteiger partial charge in [-0.25, -0.2) is 19.4 Å². The van der Waals surface area contributed by atoms with Gasteiger partial charge in [-0.05, 0) is 0 Å². The van der Waals surface area contributed by atoms with E-state index in [0.29, 0.717) is 5.01 Å². The molecule has 1 amide bonds. The summed E-state index contributed by atoms with van der Waals surface area (Å²) in [7, 11) is 0. The average Bonchev–Trinajstić information content (AvgIpc) is 2.96. The molecule has 0 aliphatic carbocycles. The number of amides is 1. The smallest absolute Gasteiger partial charge is 0.355 e. The van der Waals surface area contributed by atoms with Crippen molar-refractivity contribution in [2.24, 2.45) is 0 Å². The first-order chi connectivity index (χ1) is 8.65. The molecule has 2 rings (SSSR count). The fraction of sp³-hybridized carbons (Fsp3) is 0.222. The van der Waals surface area contributed by atoms with Crippen LogP contribution in [0.5, 0.6) is 0 Å². The summed E-state index contributed by atoms with van der Waals surface area (Å²) in [5.41, 5.74) is -0.0134. The Balaban J connectivity index is 1.83. The maximum Gasteiger partial charge on any atom is 0.355 e. The second-order valence-corrected chi connectivity index (χ2v) is 4.24. The Morgan fingerprint density at radius 3 is 2.94 bits per heavy atom. The van der Waals surface area contributed by atoms with E-state index in [-0.39, 0.29) is 24.7 Å². The van der Waals surface area contributed by atoms with Gasteiger partial charge >= 0.3 is 5.97 Å². The van der Waals surface area contributed by atoms with Gasteiger partial charge in [0.2, 0.25) is 5.91 Å². The number of nitrogens with zero attached hydrogens (tertiary/aromatic N) is 4. The van der Waals surface area contributed by atoms with Crippen LogP contribution in [0.1, 0.15) is 15.5 Å². The topological polar surface area (TPSA) is 110 Å². The fourth-order valence-corrected chi connectivity index (χ4v) is 1.89. The van der Waals surface area contributed by atoms with Crippen molar-refractivity contribution in [2.75, 3.05) is 0 Å². The lowest BCUT2D eigenvalue weighted by Crippen LogP contribution is -2.27. The molecule has 0 radical (unpaired) electrons. The summed E-state index contributed by atoms with van der Waals surface area (Å²) in [6.45, 7) is 0.267. The van der Waals surface area contributed by atoms with Crippen LogP contribution in [0, 0.1) is 0 Å². The number of carboxylic acid groups (broad SMARTS) is 1. The van der Waals surface area contributed by atoms with Gasteiger partial charge in [0.15, 0.2) is 5.69 Å². The lowest BCUT2D eigenvalue weighted by atomic mass is 10.5. The second kappa shape index (κ2) is 5.36. The average molecular weight is 267 g/mol. The number of nitrogens with one attached hydrogen (secondary N) is 1. The maximum absolute atomic E-state index is 11.5. The van der Waals surface area contributed by atoms with E-state index in [1.807, 2.05) is 0 Å². The molecule has 0 fully saturated rings. The number of carbonyl (C=O) groups excluding carboxylic acids is 1. The molecule has 0 aromatic carbocycles. The zero-order chi connectivity index (χ0) is 13.0. The molecular formula is C9H9N5O3S. The van der Waals surface area contributed by atoms with Crippen LogP contribution in [0.25, 0.3) is 0 Å². The first kappa shape index (κ1) is 12.2. The van der Waals surface area contributed by atoms with Crippen molar-refractivity contribution in [3.05, 3.63) is 28.7 Å². The number of hydrogen-bond acceptors (Lipinski definition) is 6. The lowest BCUT2D eigenvalue weighted by Gasteiger charge is -2.02. The Morgan fingerprint density at radius 2 is 2.33 bits per heavy atom. The quantitative estimate of drug-likeness (QED) is 0.773. The minimum absolute atomic E-state index is 0.0134. The Morgan fingerprint density at radius 1 is 1.50 bits per heavy atom. The molecule has 2 heterocycles. The molecule has 2 aromatic heterocycles. The zero-order valence-corrected chi connectivity index (χ0v) is 9.92. The van der Waals surface area contributed by atoms with E-state index in [9.17, 15) is 9.59 Å². The minimum Gasteiger partial charge on any atom is -0.476 e. The number of aromatic nitrogens is 4. The largest absolute Gasteiger partial charge is 0.476 e. The molecule has 0 aliphatic heterocycles. The first-order valence-corrected chi connectivity index (χ1v) is 5.80. The van der Waals surface area contributed by atoms with Crippen molar-refractivity contribution in [3.63, 3.8) is 0 Å². The Labute approximate surface area is 105 Å². The normalized spacial score (nSPS) is 10.2. The number of carbonyl (C=O) groups is 2. The third-order valence-corrected chi connectivity index (χ3v) is 2.83. The SMILES string of the molecule is O=C(Cn1cncn1)NCc1nc(C(=O)O)cs1. The standard InChI is InChI=1S/C9H9N5O3S/c15-7(2-14-5-10-4-12-14)11-1-8-13-6(3-18-8)9(16)17/h3-5H,1-2H2,(H,11,15)(H,16,17). The van der Waals surface area contributed by atoms with Crippen LogP contribution in [-0.4, -0.2) is 36.7 Å². The third-order valence-electron chi connectivity index (χ3n) is 1.98. The van der Waals surface area contributed by atoms with E-state index in [1.54, 1.807) is 0 Å². The number of carboxylic acids is 1. The minimum atomic E-state index is -1.08. The van der Waals surface area contributed by atoms with Crippen molar-refractivity contribution in [3.8, 4) is 0 Å². The van der Waals surface area contributed by atoms with Crippen LogP contribution >= 0.6 is 11.3 Å². The molecule has 0 saturated carbocycles. The molecule has 0 atom stereocenters. The number of thiazole rings is 1. The van der Waals surface area contributed by atoms with Crippen molar-refractivity contribution < 1.29 is 14.7 Å². The van der Waals surface area contributed by atoms with Crippen LogP contribution in [0.3, 0.4) is 0 Å². The van der Waals surface area contributed by atoms with Crippen molar-refractivity contribution in [2.45, 2.75) is 13.1 Å². The second-order valence-electron chi connectivity index (χ2n) is 3.30. The molecule has 0 spiro atoms. The number of aromatic carboxylic acids is 1. The van der Waals surface area contributed by atoms with Gasteiger partial charge in [0.25, 0.3) is 0 Å². The molecule has 0 aliphatic rings. The van der Waals surface area contributed by atoms with Gasteiger partial charge in [0.05, 0.1) is 6.54 Å². The number of rotatable bonds is 5. The van der Waals surface area contributed by atoms with Gasteiger partial charge in [0.1, 0.15) is 24.2 Å². The first-order valence-electron chi connectivity index (χ1n) is 4.92. The summed E-state index contributed by atoms with van der Waals surface area (Å²) in [5, 5.41) is 17.1. The van der Waals surface area contributed by atoms with Gasteiger partial charge in [-0.2, -0.15) is 5.10 Å². The summed E-state index contributed by atoms with van der Waals surface area (Å²) in [6, 6.07) is 0. The molecule has 0 unspecified atom stereocenters. The maximum atomic E-state index is 11.5. The van der Waals surface area contributed by atoms with Gasteiger partial charge in [-0.1, -0.05) is 0 Å². The summed E-state index contributed by atoms with van der Waals surface area (Å²) >= 11 is 1.19. The molecular weight excluding hydrogens is 258 g/mol. The Bertz CT molecular complexity index is 550. The molecule has 8 nitrogen and oxygen atoms in total. The highest BCUT2D eigenvalue weighted by Gasteiger charge is 2.09. The molecule has 0 bridgehead atoms. The highest BCUT2D eigenvalue weighted by Crippen LogP contribution is 2.09. The summed E-state index contributed by atoms with van der Waals surface area (Å²) in [4.78, 5) is 29.6. The van der Waals surface area contributed by atoms with Crippen molar-refractivity contribution in [1.29, 1.82) is 0 Å². The van der Waals surface area contributed by atoms with E-state index in [2.05, 4.69) is 20.4 Å². The van der Waals surface area contributed by atoms with E-state index < -0.39 is 5.97 Å². The predicted molar refractivity (Wildman–Crippen MR) is 60.9 cm³/mol. The van der Waals surface area contributed by atoms with Crippen LogP contribution in [0.2, 0.25) is 0 Å². The highest BCUT2D eigenvalue weighted by atomic mass is 32.1. The van der Waals surface area contributed by atoms with E-state index in [4.69, 9.17) is 5.11 Å². The fourth-order valence-electron chi connectivity index (χ4n) is 1.18. The Hall–Kier alpha value is -2.29. The van der Waals surface area contributed by atoms with Crippen molar-refractivity contribution in [1.82, 2.24) is 25.1 Å². The van der Waals surface area contributed by atoms with Crippen LogP contribution in [0.4, 0.5) is 0 Å². The zero-order valence-electron chi connectivity index (χ0n) is 9.11. The summed E-state index contributed by atoms with van der Waals surface area (Å²) in [5.74, 6) is -1.32. The molecule has 9 heteroatoms. The van der Waals surface area contributed by atoms with Gasteiger partial charge in [-0.15, -0.1) is 11.3 Å². The van der Waals surface area contributed by atoms with Gasteiger partial charge in [-0.3, -0.25) is 4.79 Å². The van der Waals surface area contributed by atoms with Gasteiger partial charge < -0.3 is 10.4 Å². The van der Waals surface area contributed by atoms with Gasteiger partial charge in [0, 0.05) is 5.38 Å². The summed E-state index contributed by atoms with van der Waals surface area (Å²) in [6.07, 6.45) is 2.78. The van der Waals surface area contributed by atoms with Crippen molar-refractivity contribution >= 4 is 23.2 Å². The predicted octanol–water partition coefficient (Wildman–Crippen LogP) is -0.251. The third kappa shape index (κ3) is 3.10. The van der Waals surface area contributed by atoms with E-state index >= 15 is 0 Å². The molecule has 0 saturated heterocycles. The van der Waals surface area contributed by atoms with E-state index in [0.717, 1.165) is 0 Å².